The lowest BCUT2D eigenvalue weighted by atomic mass is 10.1. The normalized spacial score (nSPS) is 11.4. The van der Waals surface area contributed by atoms with E-state index in [9.17, 15) is 14.7 Å². The van der Waals surface area contributed by atoms with Crippen LogP contribution in [-0.2, 0) is 7.05 Å². The molecule has 0 saturated heterocycles. The van der Waals surface area contributed by atoms with Crippen LogP contribution in [0.3, 0.4) is 0 Å². The lowest BCUT2D eigenvalue weighted by Crippen LogP contribution is -2.25. The molecule has 0 fully saturated rings. The highest BCUT2D eigenvalue weighted by atomic mass is 32.1. The Balaban J connectivity index is 2.03. The predicted molar refractivity (Wildman–Crippen MR) is 107 cm³/mol. The number of ketones is 1. The highest BCUT2D eigenvalue weighted by molar-refractivity contribution is 7.16. The zero-order valence-corrected chi connectivity index (χ0v) is 16.4. The monoisotopic (exact) mass is 375 g/mol. The molecule has 6 nitrogen and oxygen atoms in total. The number of anilines is 1. The van der Waals surface area contributed by atoms with Gasteiger partial charge in [-0.1, -0.05) is 0 Å². The molecule has 0 radical (unpaired) electrons. The molecule has 0 spiro atoms. The second-order valence-electron chi connectivity index (χ2n) is 6.39. The van der Waals surface area contributed by atoms with E-state index in [1.54, 1.807) is 20.0 Å². The molecule has 2 N–H and O–H groups in total. The van der Waals surface area contributed by atoms with Crippen LogP contribution >= 0.6 is 11.3 Å². The van der Waals surface area contributed by atoms with Crippen LogP contribution in [0.15, 0.2) is 29.1 Å². The maximum atomic E-state index is 12.3. The van der Waals surface area contributed by atoms with Crippen molar-refractivity contribution in [2.45, 2.75) is 13.3 Å². The minimum Gasteiger partial charge on any atom is -0.507 e. The number of thiophene rings is 1. The van der Waals surface area contributed by atoms with E-state index in [0.717, 1.165) is 29.4 Å². The Morgan fingerprint density at radius 1 is 1.38 bits per heavy atom. The van der Waals surface area contributed by atoms with Gasteiger partial charge >= 0.3 is 0 Å². The highest BCUT2D eigenvalue weighted by Crippen LogP contribution is 2.23. The van der Waals surface area contributed by atoms with E-state index in [0.29, 0.717) is 5.69 Å². The summed E-state index contributed by atoms with van der Waals surface area (Å²) >= 11 is 1.53. The number of hydrogen-bond acceptors (Lipinski definition) is 6. The van der Waals surface area contributed by atoms with Gasteiger partial charge in [-0.3, -0.25) is 9.59 Å². The number of pyridine rings is 1. The van der Waals surface area contributed by atoms with E-state index in [2.05, 4.69) is 10.2 Å². The molecule has 0 atom stereocenters. The summed E-state index contributed by atoms with van der Waals surface area (Å²) in [5, 5.41) is 14.3. The average Bonchev–Trinajstić information content (AvgIpc) is 3.02. The molecule has 140 valence electrons. The van der Waals surface area contributed by atoms with E-state index in [-0.39, 0.29) is 11.3 Å². The number of carbonyl (C=O) groups excluding carboxylic acids is 1. The fraction of sp³-hybridized carbons (Fsp3) is 0.368. The standard InChI is InChI=1S/C19H25N3O3S/c1-13-12-16(24)18(19(25)22(13)4)15(23)8-6-14-7-9-17(26-14)20-10-5-11-21(2)3/h6-9,12,20,24H,5,10-11H2,1-4H3. The highest BCUT2D eigenvalue weighted by Gasteiger charge is 2.16. The SMILES string of the molecule is Cc1cc(O)c(C(=O)C=Cc2ccc(NCCCN(C)C)s2)c(=O)n1C. The van der Waals surface area contributed by atoms with Crippen LogP contribution in [-0.4, -0.2) is 47.5 Å². The van der Waals surface area contributed by atoms with Crippen molar-refractivity contribution in [1.82, 2.24) is 9.47 Å². The van der Waals surface area contributed by atoms with E-state index in [4.69, 9.17) is 0 Å². The number of hydrogen-bond donors (Lipinski definition) is 2. The molecule has 0 aromatic carbocycles. The number of rotatable bonds is 8. The van der Waals surface area contributed by atoms with Crippen molar-refractivity contribution in [3.63, 3.8) is 0 Å². The van der Waals surface area contributed by atoms with Crippen LogP contribution in [0, 0.1) is 6.92 Å². The summed E-state index contributed by atoms with van der Waals surface area (Å²) < 4.78 is 1.35. The largest absolute Gasteiger partial charge is 0.507 e. The Labute approximate surface area is 157 Å². The first-order chi connectivity index (χ1) is 12.3. The van der Waals surface area contributed by atoms with Crippen LogP contribution in [0.25, 0.3) is 6.08 Å². The number of aryl methyl sites for hydroxylation is 1. The smallest absolute Gasteiger partial charge is 0.265 e. The molecule has 2 heterocycles. The van der Waals surface area contributed by atoms with Gasteiger partial charge in [0.15, 0.2) is 5.78 Å². The van der Waals surface area contributed by atoms with Crippen molar-refractivity contribution in [3.05, 3.63) is 50.8 Å². The summed E-state index contributed by atoms with van der Waals surface area (Å²) in [5.41, 5.74) is -0.101. The summed E-state index contributed by atoms with van der Waals surface area (Å²) in [6.07, 6.45) is 4.04. The molecule has 0 amide bonds. The van der Waals surface area contributed by atoms with Gasteiger partial charge in [0.25, 0.3) is 5.56 Å². The summed E-state index contributed by atoms with van der Waals surface area (Å²) in [6, 6.07) is 5.30. The van der Waals surface area contributed by atoms with Crippen molar-refractivity contribution in [3.8, 4) is 5.75 Å². The molecule has 0 aliphatic rings. The second kappa shape index (κ2) is 8.82. The predicted octanol–water partition coefficient (Wildman–Crippen LogP) is 2.72. The van der Waals surface area contributed by atoms with Gasteiger partial charge < -0.3 is 19.9 Å². The first-order valence-corrected chi connectivity index (χ1v) is 9.21. The van der Waals surface area contributed by atoms with Gasteiger partial charge in [-0.2, -0.15) is 0 Å². The summed E-state index contributed by atoms with van der Waals surface area (Å²) in [5.74, 6) is -0.785. The van der Waals surface area contributed by atoms with E-state index >= 15 is 0 Å². The number of nitrogens with zero attached hydrogens (tertiary/aromatic N) is 2. The van der Waals surface area contributed by atoms with Gasteiger partial charge in [-0.15, -0.1) is 11.3 Å². The van der Waals surface area contributed by atoms with Gasteiger partial charge in [0.2, 0.25) is 0 Å². The Morgan fingerprint density at radius 3 is 2.81 bits per heavy atom. The zero-order chi connectivity index (χ0) is 19.3. The third kappa shape index (κ3) is 5.06. The number of allylic oxidation sites excluding steroid dienone is 1. The minimum atomic E-state index is -0.503. The van der Waals surface area contributed by atoms with Gasteiger partial charge in [0.1, 0.15) is 11.3 Å². The fourth-order valence-corrected chi connectivity index (χ4v) is 3.26. The second-order valence-corrected chi connectivity index (χ2v) is 7.51. The van der Waals surface area contributed by atoms with Crippen LogP contribution in [0.1, 0.15) is 27.3 Å². The molecule has 26 heavy (non-hydrogen) atoms. The minimum absolute atomic E-state index is 0.201. The molecule has 2 aromatic rings. The Bertz CT molecular complexity index is 865. The van der Waals surface area contributed by atoms with E-state index in [1.807, 2.05) is 26.2 Å². The first kappa shape index (κ1) is 19.9. The summed E-state index contributed by atoms with van der Waals surface area (Å²) in [6.45, 7) is 3.60. The topological polar surface area (TPSA) is 74.6 Å². The van der Waals surface area contributed by atoms with Crippen molar-refractivity contribution in [1.29, 1.82) is 0 Å². The fourth-order valence-electron chi connectivity index (χ4n) is 2.42. The van der Waals surface area contributed by atoms with Crippen molar-refractivity contribution < 1.29 is 9.90 Å². The first-order valence-electron chi connectivity index (χ1n) is 8.40. The van der Waals surface area contributed by atoms with Crippen LogP contribution in [0.5, 0.6) is 5.75 Å². The lowest BCUT2D eigenvalue weighted by molar-refractivity contribution is 0.104. The number of carbonyl (C=O) groups is 1. The van der Waals surface area contributed by atoms with Crippen molar-refractivity contribution in [2.24, 2.45) is 7.05 Å². The van der Waals surface area contributed by atoms with Gasteiger partial charge in [-0.05, 0) is 58.3 Å². The van der Waals surface area contributed by atoms with Crippen LogP contribution in [0.2, 0.25) is 0 Å². The maximum absolute atomic E-state index is 12.3. The molecule has 0 aliphatic carbocycles. The van der Waals surface area contributed by atoms with Gasteiger partial charge in [-0.25, -0.2) is 0 Å². The van der Waals surface area contributed by atoms with Crippen LogP contribution < -0.4 is 10.9 Å². The molecule has 2 aromatic heterocycles. The van der Waals surface area contributed by atoms with Crippen LogP contribution in [0.4, 0.5) is 5.00 Å². The Morgan fingerprint density at radius 2 is 2.12 bits per heavy atom. The number of aromatic hydroxyl groups is 1. The van der Waals surface area contributed by atoms with Crippen molar-refractivity contribution in [2.75, 3.05) is 32.5 Å². The Hall–Kier alpha value is -2.38. The summed E-state index contributed by atoms with van der Waals surface area (Å²) in [4.78, 5) is 27.6. The van der Waals surface area contributed by atoms with E-state index < -0.39 is 11.3 Å². The third-order valence-electron chi connectivity index (χ3n) is 4.00. The molecule has 0 unspecified atom stereocenters. The quantitative estimate of drug-likeness (QED) is 0.422. The van der Waals surface area contributed by atoms with Crippen molar-refractivity contribution >= 4 is 28.2 Å². The summed E-state index contributed by atoms with van der Waals surface area (Å²) in [7, 11) is 5.67. The zero-order valence-electron chi connectivity index (χ0n) is 15.6. The molecule has 0 bridgehead atoms. The lowest BCUT2D eigenvalue weighted by Gasteiger charge is -2.09. The van der Waals surface area contributed by atoms with Gasteiger partial charge in [0, 0.05) is 30.2 Å². The molecule has 7 heteroatoms. The number of nitrogens with one attached hydrogen (secondary N) is 1. The van der Waals surface area contributed by atoms with Gasteiger partial charge in [0.05, 0.1) is 5.00 Å². The molecule has 0 aliphatic heterocycles. The maximum Gasteiger partial charge on any atom is 0.265 e. The molecular formula is C19H25N3O3S. The van der Waals surface area contributed by atoms with E-state index in [1.165, 1.54) is 28.0 Å². The molecule has 2 rings (SSSR count). The molecule has 0 saturated carbocycles. The third-order valence-corrected chi connectivity index (χ3v) is 5.01. The number of aromatic nitrogens is 1. The molecular weight excluding hydrogens is 350 g/mol. The Kier molecular flexibility index (Phi) is 6.76. The average molecular weight is 375 g/mol.